The van der Waals surface area contributed by atoms with Gasteiger partial charge in [-0.1, -0.05) is 0 Å². The summed E-state index contributed by atoms with van der Waals surface area (Å²) in [6.07, 6.45) is 1.27. The molecule has 0 radical (unpaired) electrons. The number of nitrogens with two attached hydrogens (primary N) is 1. The van der Waals surface area contributed by atoms with Crippen LogP contribution in [0.3, 0.4) is 0 Å². The summed E-state index contributed by atoms with van der Waals surface area (Å²) >= 11 is 0. The molecule has 13 heavy (non-hydrogen) atoms. The topological polar surface area (TPSA) is 43.1 Å². The van der Waals surface area contributed by atoms with Gasteiger partial charge < -0.3 is 5.73 Å². The number of benzene rings is 1. The molecular weight excluding hydrogens is 169 g/mol. The highest BCUT2D eigenvalue weighted by Gasteiger charge is 2.05. The summed E-state index contributed by atoms with van der Waals surface area (Å²) in [5.74, 6) is -0.283. The maximum atomic E-state index is 13.1. The molecule has 2 nitrogen and oxygen atoms in total. The van der Waals surface area contributed by atoms with Gasteiger partial charge in [0.1, 0.15) is 12.1 Å². The van der Waals surface area contributed by atoms with Crippen molar-refractivity contribution in [3.05, 3.63) is 34.6 Å². The van der Waals surface area contributed by atoms with E-state index in [0.29, 0.717) is 29.7 Å². The van der Waals surface area contributed by atoms with Gasteiger partial charge in [-0.05, 0) is 43.1 Å². The molecule has 0 saturated carbocycles. The number of hydrogen-bond acceptors (Lipinski definition) is 2. The maximum absolute atomic E-state index is 13.1. The Morgan fingerprint density at radius 3 is 2.77 bits per heavy atom. The quantitative estimate of drug-likeness (QED) is 0.717. The van der Waals surface area contributed by atoms with Gasteiger partial charge in [-0.3, -0.25) is 4.79 Å². The average molecular weight is 181 g/mol. The molecule has 0 bridgehead atoms. The minimum absolute atomic E-state index is 0.283. The summed E-state index contributed by atoms with van der Waals surface area (Å²) in [6.45, 7) is 2.05. The molecule has 0 saturated heterocycles. The van der Waals surface area contributed by atoms with Crippen molar-refractivity contribution in [2.45, 2.75) is 13.3 Å². The summed E-state index contributed by atoms with van der Waals surface area (Å²) < 4.78 is 13.1. The molecule has 0 aliphatic carbocycles. The van der Waals surface area contributed by atoms with E-state index in [2.05, 4.69) is 0 Å². The Bertz CT molecular complexity index is 323. The number of rotatable bonds is 3. The van der Waals surface area contributed by atoms with E-state index >= 15 is 0 Å². The predicted octanol–water partition coefficient (Wildman–Crippen LogP) is 1.45. The van der Waals surface area contributed by atoms with Gasteiger partial charge in [-0.2, -0.15) is 0 Å². The molecule has 0 aromatic heterocycles. The summed E-state index contributed by atoms with van der Waals surface area (Å²) in [7, 11) is 0. The second-order valence-corrected chi connectivity index (χ2v) is 2.96. The van der Waals surface area contributed by atoms with Gasteiger partial charge in [0.2, 0.25) is 0 Å². The first-order valence-electron chi connectivity index (χ1n) is 4.13. The minimum atomic E-state index is -0.283. The zero-order valence-corrected chi connectivity index (χ0v) is 7.51. The molecule has 70 valence electrons. The van der Waals surface area contributed by atoms with E-state index in [4.69, 9.17) is 5.73 Å². The van der Waals surface area contributed by atoms with Crippen molar-refractivity contribution in [1.29, 1.82) is 0 Å². The van der Waals surface area contributed by atoms with Crippen LogP contribution in [0.15, 0.2) is 12.1 Å². The molecular formula is C10H12FNO. The Labute approximate surface area is 76.6 Å². The van der Waals surface area contributed by atoms with Gasteiger partial charge in [-0.15, -0.1) is 0 Å². The smallest absolute Gasteiger partial charge is 0.150 e. The van der Waals surface area contributed by atoms with Crippen molar-refractivity contribution in [3.8, 4) is 0 Å². The third kappa shape index (κ3) is 2.12. The van der Waals surface area contributed by atoms with Crippen LogP contribution < -0.4 is 5.73 Å². The van der Waals surface area contributed by atoms with Gasteiger partial charge in [0.25, 0.3) is 0 Å². The fourth-order valence-electron chi connectivity index (χ4n) is 1.23. The second-order valence-electron chi connectivity index (χ2n) is 2.96. The Morgan fingerprint density at radius 2 is 2.23 bits per heavy atom. The van der Waals surface area contributed by atoms with Crippen LogP contribution in [-0.4, -0.2) is 12.8 Å². The normalized spacial score (nSPS) is 10.1. The van der Waals surface area contributed by atoms with E-state index in [0.717, 1.165) is 6.29 Å². The summed E-state index contributed by atoms with van der Waals surface area (Å²) in [4.78, 5) is 10.6. The molecule has 1 aromatic rings. The van der Waals surface area contributed by atoms with Gasteiger partial charge >= 0.3 is 0 Å². The number of aryl methyl sites for hydroxylation is 1. The number of hydrogen-bond donors (Lipinski definition) is 1. The first-order valence-corrected chi connectivity index (χ1v) is 4.13. The van der Waals surface area contributed by atoms with Crippen LogP contribution in [-0.2, 0) is 6.42 Å². The molecule has 0 fully saturated rings. The Hall–Kier alpha value is -1.22. The first-order chi connectivity index (χ1) is 6.19. The highest BCUT2D eigenvalue weighted by atomic mass is 19.1. The van der Waals surface area contributed by atoms with Crippen LogP contribution in [0.2, 0.25) is 0 Å². The molecule has 0 spiro atoms. The van der Waals surface area contributed by atoms with Crippen molar-refractivity contribution in [1.82, 2.24) is 0 Å². The number of halogens is 1. The Kier molecular flexibility index (Phi) is 3.14. The van der Waals surface area contributed by atoms with Crippen LogP contribution in [0.5, 0.6) is 0 Å². The third-order valence-corrected chi connectivity index (χ3v) is 1.96. The highest BCUT2D eigenvalue weighted by molar-refractivity contribution is 5.77. The molecule has 3 heteroatoms. The molecule has 0 aliphatic rings. The highest BCUT2D eigenvalue weighted by Crippen LogP contribution is 2.14. The van der Waals surface area contributed by atoms with Crippen LogP contribution in [0.25, 0.3) is 0 Å². The van der Waals surface area contributed by atoms with E-state index in [9.17, 15) is 9.18 Å². The van der Waals surface area contributed by atoms with Gasteiger partial charge in [0, 0.05) is 5.56 Å². The molecule has 0 amide bonds. The monoisotopic (exact) mass is 181 g/mol. The Morgan fingerprint density at radius 1 is 1.54 bits per heavy atom. The number of carbonyl (C=O) groups excluding carboxylic acids is 1. The average Bonchev–Trinajstić information content (AvgIpc) is 2.11. The molecule has 0 heterocycles. The fourth-order valence-corrected chi connectivity index (χ4v) is 1.23. The van der Waals surface area contributed by atoms with Crippen molar-refractivity contribution in [3.63, 3.8) is 0 Å². The SMILES string of the molecule is Cc1cc(C=O)c(CCN)cc1F. The summed E-state index contributed by atoms with van der Waals surface area (Å²) in [6, 6.07) is 2.93. The van der Waals surface area contributed by atoms with Gasteiger partial charge in [0.05, 0.1) is 0 Å². The minimum Gasteiger partial charge on any atom is -0.330 e. The Balaban J connectivity index is 3.16. The van der Waals surface area contributed by atoms with Crippen molar-refractivity contribution >= 4 is 6.29 Å². The lowest BCUT2D eigenvalue weighted by Crippen LogP contribution is -2.06. The molecule has 1 aromatic carbocycles. The van der Waals surface area contributed by atoms with Gasteiger partial charge in [-0.25, -0.2) is 4.39 Å². The van der Waals surface area contributed by atoms with E-state index < -0.39 is 0 Å². The third-order valence-electron chi connectivity index (χ3n) is 1.96. The van der Waals surface area contributed by atoms with Crippen molar-refractivity contribution in [2.75, 3.05) is 6.54 Å². The van der Waals surface area contributed by atoms with Crippen LogP contribution >= 0.6 is 0 Å². The zero-order chi connectivity index (χ0) is 9.84. The van der Waals surface area contributed by atoms with E-state index in [-0.39, 0.29) is 5.82 Å². The first kappa shape index (κ1) is 9.86. The fraction of sp³-hybridized carbons (Fsp3) is 0.300. The lowest BCUT2D eigenvalue weighted by Gasteiger charge is -2.05. The predicted molar refractivity (Wildman–Crippen MR) is 49.3 cm³/mol. The lowest BCUT2D eigenvalue weighted by atomic mass is 10.0. The summed E-state index contributed by atoms with van der Waals surface area (Å²) in [5.41, 5.74) is 7.04. The largest absolute Gasteiger partial charge is 0.330 e. The molecule has 2 N–H and O–H groups in total. The van der Waals surface area contributed by atoms with Crippen molar-refractivity contribution < 1.29 is 9.18 Å². The number of aldehydes is 1. The maximum Gasteiger partial charge on any atom is 0.150 e. The van der Waals surface area contributed by atoms with Crippen LogP contribution in [0, 0.1) is 12.7 Å². The zero-order valence-electron chi connectivity index (χ0n) is 7.51. The molecule has 0 aliphatic heterocycles. The van der Waals surface area contributed by atoms with E-state index in [1.54, 1.807) is 13.0 Å². The van der Waals surface area contributed by atoms with E-state index in [1.165, 1.54) is 6.07 Å². The van der Waals surface area contributed by atoms with E-state index in [1.807, 2.05) is 0 Å². The van der Waals surface area contributed by atoms with Crippen LogP contribution in [0.1, 0.15) is 21.5 Å². The second kappa shape index (κ2) is 4.14. The molecule has 1 rings (SSSR count). The standard InChI is InChI=1S/C10H12FNO/c1-7-4-9(6-13)8(2-3-12)5-10(7)11/h4-6H,2-3,12H2,1H3. The summed E-state index contributed by atoms with van der Waals surface area (Å²) in [5, 5.41) is 0. The van der Waals surface area contributed by atoms with Gasteiger partial charge in [0.15, 0.2) is 0 Å². The number of carbonyl (C=O) groups is 1. The van der Waals surface area contributed by atoms with Crippen molar-refractivity contribution in [2.24, 2.45) is 5.73 Å². The molecule has 0 unspecified atom stereocenters. The molecule has 0 atom stereocenters. The lowest BCUT2D eigenvalue weighted by molar-refractivity contribution is 0.112. The van der Waals surface area contributed by atoms with Crippen LogP contribution in [0.4, 0.5) is 4.39 Å².